The SMILES string of the molecule is COc1ccc(C2CCCN2C(=O)c2ccc(CNC(=O)c3cccs3)cc2)cc1. The van der Waals surface area contributed by atoms with Crippen molar-refractivity contribution >= 4 is 23.2 Å². The van der Waals surface area contributed by atoms with Crippen LogP contribution >= 0.6 is 11.3 Å². The van der Waals surface area contributed by atoms with Gasteiger partial charge in [0.25, 0.3) is 11.8 Å². The molecule has 0 saturated carbocycles. The summed E-state index contributed by atoms with van der Waals surface area (Å²) in [6.07, 6.45) is 1.96. The molecule has 2 aromatic carbocycles. The first kappa shape index (κ1) is 20.2. The molecule has 1 saturated heterocycles. The van der Waals surface area contributed by atoms with Gasteiger partial charge < -0.3 is 15.0 Å². The summed E-state index contributed by atoms with van der Waals surface area (Å²) in [5, 5.41) is 4.79. The van der Waals surface area contributed by atoms with Gasteiger partial charge in [-0.05, 0) is 59.7 Å². The summed E-state index contributed by atoms with van der Waals surface area (Å²) >= 11 is 1.42. The van der Waals surface area contributed by atoms with Gasteiger partial charge in [0.2, 0.25) is 0 Å². The topological polar surface area (TPSA) is 58.6 Å². The predicted octanol–water partition coefficient (Wildman–Crippen LogP) is 4.66. The highest BCUT2D eigenvalue weighted by Gasteiger charge is 2.30. The number of benzene rings is 2. The van der Waals surface area contributed by atoms with Crippen molar-refractivity contribution in [3.8, 4) is 5.75 Å². The first-order valence-corrected chi connectivity index (χ1v) is 10.9. The summed E-state index contributed by atoms with van der Waals surface area (Å²) in [6.45, 7) is 1.19. The lowest BCUT2D eigenvalue weighted by atomic mass is 10.0. The van der Waals surface area contributed by atoms with Gasteiger partial charge >= 0.3 is 0 Å². The number of amides is 2. The maximum atomic E-state index is 13.1. The maximum absolute atomic E-state index is 13.1. The van der Waals surface area contributed by atoms with Crippen LogP contribution in [0, 0.1) is 0 Å². The monoisotopic (exact) mass is 420 g/mol. The molecule has 0 radical (unpaired) electrons. The first-order valence-electron chi connectivity index (χ1n) is 10.0. The average Bonchev–Trinajstić information content (AvgIpc) is 3.50. The van der Waals surface area contributed by atoms with E-state index in [0.717, 1.165) is 36.3 Å². The summed E-state index contributed by atoms with van der Waals surface area (Å²) in [7, 11) is 1.65. The van der Waals surface area contributed by atoms with Crippen LogP contribution in [0.25, 0.3) is 0 Å². The fraction of sp³-hybridized carbons (Fsp3) is 0.250. The summed E-state index contributed by atoms with van der Waals surface area (Å²) in [5.74, 6) is 0.781. The smallest absolute Gasteiger partial charge is 0.261 e. The first-order chi connectivity index (χ1) is 14.7. The van der Waals surface area contributed by atoms with Crippen molar-refractivity contribution in [2.75, 3.05) is 13.7 Å². The van der Waals surface area contributed by atoms with Crippen LogP contribution < -0.4 is 10.1 Å². The quantitative estimate of drug-likeness (QED) is 0.631. The lowest BCUT2D eigenvalue weighted by Crippen LogP contribution is -2.30. The third-order valence-corrected chi connectivity index (χ3v) is 6.28. The van der Waals surface area contributed by atoms with Gasteiger partial charge in [-0.1, -0.05) is 30.3 Å². The molecule has 3 aromatic rings. The van der Waals surface area contributed by atoms with E-state index in [-0.39, 0.29) is 17.9 Å². The number of methoxy groups -OCH3 is 1. The number of nitrogens with zero attached hydrogens (tertiary/aromatic N) is 1. The lowest BCUT2D eigenvalue weighted by Gasteiger charge is -2.25. The minimum Gasteiger partial charge on any atom is -0.497 e. The zero-order valence-corrected chi connectivity index (χ0v) is 17.7. The molecule has 154 valence electrons. The molecule has 2 amide bonds. The Morgan fingerprint density at radius 2 is 1.87 bits per heavy atom. The second-order valence-corrected chi connectivity index (χ2v) is 8.23. The van der Waals surface area contributed by atoms with Crippen LogP contribution in [0.2, 0.25) is 0 Å². The summed E-state index contributed by atoms with van der Waals surface area (Å²) in [5.41, 5.74) is 2.77. The van der Waals surface area contributed by atoms with Gasteiger partial charge in [0.15, 0.2) is 0 Å². The van der Waals surface area contributed by atoms with Crippen LogP contribution in [0.1, 0.15) is 50.0 Å². The molecule has 5 nitrogen and oxygen atoms in total. The van der Waals surface area contributed by atoms with E-state index < -0.39 is 0 Å². The van der Waals surface area contributed by atoms with Gasteiger partial charge in [-0.15, -0.1) is 11.3 Å². The molecule has 0 aliphatic carbocycles. The Labute approximate surface area is 180 Å². The number of ether oxygens (including phenoxy) is 1. The van der Waals surface area contributed by atoms with Crippen molar-refractivity contribution in [3.63, 3.8) is 0 Å². The Kier molecular flexibility index (Phi) is 6.14. The molecule has 0 spiro atoms. The molecule has 1 aromatic heterocycles. The lowest BCUT2D eigenvalue weighted by molar-refractivity contribution is 0.0735. The van der Waals surface area contributed by atoms with E-state index in [0.29, 0.717) is 17.0 Å². The molecule has 1 unspecified atom stereocenters. The van der Waals surface area contributed by atoms with Crippen LogP contribution in [0.4, 0.5) is 0 Å². The van der Waals surface area contributed by atoms with E-state index in [9.17, 15) is 9.59 Å². The number of rotatable bonds is 6. The van der Waals surface area contributed by atoms with Crippen molar-refractivity contribution in [3.05, 3.63) is 87.6 Å². The molecule has 0 bridgehead atoms. The minimum atomic E-state index is -0.0791. The molecule has 1 aliphatic heterocycles. The Bertz CT molecular complexity index is 998. The number of nitrogens with one attached hydrogen (secondary N) is 1. The van der Waals surface area contributed by atoms with Crippen molar-refractivity contribution in [1.82, 2.24) is 10.2 Å². The fourth-order valence-electron chi connectivity index (χ4n) is 3.79. The van der Waals surface area contributed by atoms with E-state index in [2.05, 4.69) is 5.32 Å². The van der Waals surface area contributed by atoms with Crippen molar-refractivity contribution in [2.24, 2.45) is 0 Å². The van der Waals surface area contributed by atoms with Crippen LogP contribution in [-0.4, -0.2) is 30.4 Å². The van der Waals surface area contributed by atoms with Crippen molar-refractivity contribution in [2.45, 2.75) is 25.4 Å². The zero-order chi connectivity index (χ0) is 20.9. The number of hydrogen-bond donors (Lipinski definition) is 1. The minimum absolute atomic E-state index is 0.0440. The van der Waals surface area contributed by atoms with Gasteiger partial charge in [0.1, 0.15) is 5.75 Å². The molecule has 4 rings (SSSR count). The number of thiophene rings is 1. The highest BCUT2D eigenvalue weighted by molar-refractivity contribution is 7.12. The van der Waals surface area contributed by atoms with E-state index in [1.807, 2.05) is 64.9 Å². The van der Waals surface area contributed by atoms with Gasteiger partial charge in [0, 0.05) is 18.7 Å². The van der Waals surface area contributed by atoms with Crippen molar-refractivity contribution in [1.29, 1.82) is 0 Å². The van der Waals surface area contributed by atoms with Gasteiger partial charge in [0.05, 0.1) is 18.0 Å². The van der Waals surface area contributed by atoms with E-state index in [4.69, 9.17) is 4.74 Å². The normalized spacial score (nSPS) is 15.8. The van der Waals surface area contributed by atoms with E-state index in [1.54, 1.807) is 13.2 Å². The summed E-state index contributed by atoms with van der Waals surface area (Å²) in [4.78, 5) is 27.8. The molecule has 1 fully saturated rings. The Morgan fingerprint density at radius 1 is 1.10 bits per heavy atom. The van der Waals surface area contributed by atoms with Crippen LogP contribution in [0.3, 0.4) is 0 Å². The second kappa shape index (κ2) is 9.13. The maximum Gasteiger partial charge on any atom is 0.261 e. The van der Waals surface area contributed by atoms with Crippen LogP contribution in [0.5, 0.6) is 5.75 Å². The summed E-state index contributed by atoms with van der Waals surface area (Å²) in [6, 6.07) is 19.2. The number of carbonyl (C=O) groups excluding carboxylic acids is 2. The van der Waals surface area contributed by atoms with Crippen LogP contribution in [-0.2, 0) is 6.54 Å². The average molecular weight is 421 g/mol. The molecular weight excluding hydrogens is 396 g/mol. The number of carbonyl (C=O) groups is 2. The van der Waals surface area contributed by atoms with Crippen molar-refractivity contribution < 1.29 is 14.3 Å². The number of hydrogen-bond acceptors (Lipinski definition) is 4. The van der Waals surface area contributed by atoms with Gasteiger partial charge in [-0.2, -0.15) is 0 Å². The molecule has 6 heteroatoms. The Hall–Kier alpha value is -3.12. The van der Waals surface area contributed by atoms with E-state index >= 15 is 0 Å². The standard InChI is InChI=1S/C24H24N2O3S/c1-29-20-12-10-18(11-13-20)21-4-2-14-26(21)24(28)19-8-6-17(7-9-19)16-25-23(27)22-5-3-15-30-22/h3,5-13,15,21H,2,4,14,16H2,1H3,(H,25,27). The largest absolute Gasteiger partial charge is 0.497 e. The van der Waals surface area contributed by atoms with Gasteiger partial charge in [-0.3, -0.25) is 9.59 Å². The Morgan fingerprint density at radius 3 is 2.53 bits per heavy atom. The molecule has 1 atom stereocenters. The van der Waals surface area contributed by atoms with Gasteiger partial charge in [-0.25, -0.2) is 0 Å². The van der Waals surface area contributed by atoms with E-state index in [1.165, 1.54) is 11.3 Å². The number of likely N-dealkylation sites (tertiary alicyclic amines) is 1. The highest BCUT2D eigenvalue weighted by atomic mass is 32.1. The molecule has 1 N–H and O–H groups in total. The fourth-order valence-corrected chi connectivity index (χ4v) is 4.43. The van der Waals surface area contributed by atoms with Crippen LogP contribution in [0.15, 0.2) is 66.0 Å². The third kappa shape index (κ3) is 4.39. The molecule has 30 heavy (non-hydrogen) atoms. The third-order valence-electron chi connectivity index (χ3n) is 5.41. The Balaban J connectivity index is 1.40. The predicted molar refractivity (Wildman–Crippen MR) is 118 cm³/mol. The molecular formula is C24H24N2O3S. The molecule has 2 heterocycles. The second-order valence-electron chi connectivity index (χ2n) is 7.29. The molecule has 1 aliphatic rings. The zero-order valence-electron chi connectivity index (χ0n) is 16.8. The summed E-state index contributed by atoms with van der Waals surface area (Å²) < 4.78 is 5.24. The highest BCUT2D eigenvalue weighted by Crippen LogP contribution is 2.33.